The number of amides is 1. The molecule has 2 atom stereocenters. The lowest BCUT2D eigenvalue weighted by molar-refractivity contribution is 0.0501. The minimum atomic E-state index is -0.490. The second-order valence-electron chi connectivity index (χ2n) is 9.25. The van der Waals surface area contributed by atoms with Gasteiger partial charge < -0.3 is 19.9 Å². The van der Waals surface area contributed by atoms with Crippen molar-refractivity contribution in [2.75, 3.05) is 18.6 Å². The van der Waals surface area contributed by atoms with Crippen LogP contribution in [0.3, 0.4) is 0 Å². The van der Waals surface area contributed by atoms with E-state index in [0.717, 1.165) is 37.1 Å². The van der Waals surface area contributed by atoms with Gasteiger partial charge >= 0.3 is 6.09 Å². The maximum Gasteiger partial charge on any atom is 0.407 e. The van der Waals surface area contributed by atoms with Gasteiger partial charge in [-0.3, -0.25) is 0 Å². The number of hydrogen-bond donors (Lipinski definition) is 2. The fourth-order valence-electron chi connectivity index (χ4n) is 3.68. The Morgan fingerprint density at radius 3 is 2.61 bits per heavy atom. The van der Waals surface area contributed by atoms with E-state index in [1.54, 1.807) is 11.8 Å². The van der Waals surface area contributed by atoms with E-state index < -0.39 is 5.60 Å². The van der Waals surface area contributed by atoms with Crippen LogP contribution < -0.4 is 10.6 Å². The molecule has 2 aromatic rings. The largest absolute Gasteiger partial charge is 0.444 e. The van der Waals surface area contributed by atoms with Crippen LogP contribution >= 0.6 is 11.8 Å². The van der Waals surface area contributed by atoms with E-state index in [1.165, 1.54) is 16.5 Å². The maximum absolute atomic E-state index is 12.2. The van der Waals surface area contributed by atoms with Gasteiger partial charge in [-0.25, -0.2) is 4.79 Å². The number of carbonyl (C=O) groups is 1. The zero-order valence-corrected chi connectivity index (χ0v) is 20.8. The first kappa shape index (κ1) is 25.3. The Balaban J connectivity index is 1.97. The van der Waals surface area contributed by atoms with Crippen LogP contribution in [-0.2, 0) is 18.2 Å². The fourth-order valence-corrected chi connectivity index (χ4v) is 4.20. The average Bonchev–Trinajstić information content (AvgIpc) is 2.99. The van der Waals surface area contributed by atoms with Gasteiger partial charge in [0, 0.05) is 36.2 Å². The molecule has 0 aliphatic rings. The van der Waals surface area contributed by atoms with Crippen LogP contribution in [0, 0.1) is 0 Å². The van der Waals surface area contributed by atoms with E-state index in [4.69, 9.17) is 4.74 Å². The van der Waals surface area contributed by atoms with Crippen LogP contribution in [0.15, 0.2) is 42.6 Å². The summed E-state index contributed by atoms with van der Waals surface area (Å²) in [5.41, 5.74) is 3.20. The predicted molar refractivity (Wildman–Crippen MR) is 134 cm³/mol. The number of fused-ring (bicyclic) bond motifs is 1. The highest BCUT2D eigenvalue weighted by molar-refractivity contribution is 7.98. The molecule has 0 radical (unpaired) electrons. The van der Waals surface area contributed by atoms with Crippen LogP contribution in [0.25, 0.3) is 10.9 Å². The lowest BCUT2D eigenvalue weighted by Gasteiger charge is -2.25. The number of para-hydroxylation sites is 1. The second-order valence-corrected chi connectivity index (χ2v) is 10.2. The third-order valence-corrected chi connectivity index (χ3v) is 5.92. The van der Waals surface area contributed by atoms with Gasteiger partial charge in [-0.15, -0.1) is 0 Å². The SMILES string of the molecule is C=C(C)C(Cc1cn(C)c2ccccc12)NCCC(CCSC)NC(=O)OC(C)(C)C. The van der Waals surface area contributed by atoms with Gasteiger partial charge in [-0.2, -0.15) is 11.8 Å². The van der Waals surface area contributed by atoms with Crippen molar-refractivity contribution in [1.82, 2.24) is 15.2 Å². The number of benzene rings is 1. The van der Waals surface area contributed by atoms with E-state index in [1.807, 2.05) is 20.8 Å². The molecule has 0 spiro atoms. The Morgan fingerprint density at radius 2 is 1.97 bits per heavy atom. The first-order valence-corrected chi connectivity index (χ1v) is 12.4. The molecule has 0 saturated carbocycles. The summed E-state index contributed by atoms with van der Waals surface area (Å²) in [6.45, 7) is 12.7. The molecule has 6 heteroatoms. The Morgan fingerprint density at radius 1 is 1.26 bits per heavy atom. The van der Waals surface area contributed by atoms with Crippen molar-refractivity contribution in [1.29, 1.82) is 0 Å². The summed E-state index contributed by atoms with van der Waals surface area (Å²) in [6.07, 6.45) is 6.62. The number of aromatic nitrogens is 1. The fraction of sp³-hybridized carbons (Fsp3) is 0.560. The highest BCUT2D eigenvalue weighted by Gasteiger charge is 2.20. The van der Waals surface area contributed by atoms with Crippen LogP contribution in [-0.4, -0.2) is 46.9 Å². The van der Waals surface area contributed by atoms with E-state index in [2.05, 4.69) is 72.5 Å². The van der Waals surface area contributed by atoms with Gasteiger partial charge in [0.25, 0.3) is 0 Å². The zero-order valence-electron chi connectivity index (χ0n) is 20.0. The predicted octanol–water partition coefficient (Wildman–Crippen LogP) is 5.29. The number of nitrogens with zero attached hydrogens (tertiary/aromatic N) is 1. The first-order chi connectivity index (χ1) is 14.6. The molecule has 31 heavy (non-hydrogen) atoms. The van der Waals surface area contributed by atoms with Crippen LogP contribution in [0.4, 0.5) is 4.79 Å². The molecule has 0 aliphatic heterocycles. The smallest absolute Gasteiger partial charge is 0.407 e. The summed E-state index contributed by atoms with van der Waals surface area (Å²) < 4.78 is 7.63. The summed E-state index contributed by atoms with van der Waals surface area (Å²) in [7, 11) is 2.09. The average molecular weight is 446 g/mol. The van der Waals surface area contributed by atoms with Gasteiger partial charge in [0.05, 0.1) is 0 Å². The number of alkyl carbamates (subject to hydrolysis) is 1. The summed E-state index contributed by atoms with van der Waals surface area (Å²) in [6, 6.07) is 8.77. The Kier molecular flexibility index (Phi) is 9.51. The maximum atomic E-state index is 12.2. The van der Waals surface area contributed by atoms with Gasteiger partial charge in [-0.05, 0) is 77.1 Å². The lowest BCUT2D eigenvalue weighted by atomic mass is 10.00. The van der Waals surface area contributed by atoms with Crippen LogP contribution in [0.1, 0.15) is 46.1 Å². The molecule has 1 amide bonds. The van der Waals surface area contributed by atoms with E-state index in [0.29, 0.717) is 0 Å². The van der Waals surface area contributed by atoms with Gasteiger partial charge in [0.2, 0.25) is 0 Å². The number of ether oxygens (including phenoxy) is 1. The Bertz CT molecular complexity index is 869. The second kappa shape index (κ2) is 11.6. The molecule has 1 heterocycles. The minimum absolute atomic E-state index is 0.0816. The summed E-state index contributed by atoms with van der Waals surface area (Å²) in [5, 5.41) is 8.00. The molecular weight excluding hydrogens is 406 g/mol. The number of rotatable bonds is 11. The molecule has 1 aromatic carbocycles. The monoisotopic (exact) mass is 445 g/mol. The van der Waals surface area contributed by atoms with Gasteiger partial charge in [0.15, 0.2) is 0 Å². The quantitative estimate of drug-likeness (QED) is 0.461. The summed E-state index contributed by atoms with van der Waals surface area (Å²) in [5.74, 6) is 1.00. The van der Waals surface area contributed by atoms with Crippen molar-refractivity contribution < 1.29 is 9.53 Å². The molecule has 0 bridgehead atoms. The standard InChI is InChI=1S/C25H39N3O2S/c1-18(2)22(16-19-17-28(6)23-11-9-8-10-21(19)23)26-14-12-20(13-15-31-7)27-24(29)30-25(3,4)5/h8-11,17,20,22,26H,1,12-16H2,2-7H3,(H,27,29). The number of hydrogen-bond acceptors (Lipinski definition) is 4. The van der Waals surface area contributed by atoms with Crippen molar-refractivity contribution in [2.24, 2.45) is 7.05 Å². The van der Waals surface area contributed by atoms with Crippen LogP contribution in [0.2, 0.25) is 0 Å². The molecular formula is C25H39N3O2S. The van der Waals surface area contributed by atoms with Crippen molar-refractivity contribution in [2.45, 2.75) is 64.6 Å². The molecule has 2 rings (SSSR count). The third kappa shape index (κ3) is 8.26. The van der Waals surface area contributed by atoms with Crippen molar-refractivity contribution in [3.63, 3.8) is 0 Å². The topological polar surface area (TPSA) is 55.3 Å². The molecule has 172 valence electrons. The highest BCUT2D eigenvalue weighted by Crippen LogP contribution is 2.22. The number of nitrogens with one attached hydrogen (secondary N) is 2. The minimum Gasteiger partial charge on any atom is -0.444 e. The molecule has 5 nitrogen and oxygen atoms in total. The van der Waals surface area contributed by atoms with Crippen LogP contribution in [0.5, 0.6) is 0 Å². The normalized spacial score (nSPS) is 13.7. The van der Waals surface area contributed by atoms with Crippen molar-refractivity contribution in [3.05, 3.63) is 48.2 Å². The van der Waals surface area contributed by atoms with E-state index >= 15 is 0 Å². The van der Waals surface area contributed by atoms with Gasteiger partial charge in [0.1, 0.15) is 5.60 Å². The zero-order chi connectivity index (χ0) is 23.0. The number of thioether (sulfide) groups is 1. The number of carbonyl (C=O) groups excluding carboxylic acids is 1. The number of aryl methyl sites for hydroxylation is 1. The molecule has 0 saturated heterocycles. The summed E-state index contributed by atoms with van der Waals surface area (Å²) in [4.78, 5) is 12.2. The molecule has 0 aliphatic carbocycles. The molecule has 2 unspecified atom stereocenters. The van der Waals surface area contributed by atoms with Crippen molar-refractivity contribution >= 4 is 28.8 Å². The Hall–Kier alpha value is -1.92. The summed E-state index contributed by atoms with van der Waals surface area (Å²) >= 11 is 1.79. The first-order valence-electron chi connectivity index (χ1n) is 11.0. The molecule has 1 aromatic heterocycles. The van der Waals surface area contributed by atoms with Crippen molar-refractivity contribution in [3.8, 4) is 0 Å². The molecule has 0 fully saturated rings. The van der Waals surface area contributed by atoms with E-state index in [-0.39, 0.29) is 18.2 Å². The molecule has 2 N–H and O–H groups in total. The Labute approximate surface area is 192 Å². The highest BCUT2D eigenvalue weighted by atomic mass is 32.2. The third-order valence-electron chi connectivity index (χ3n) is 5.27. The van der Waals surface area contributed by atoms with Gasteiger partial charge in [-0.1, -0.05) is 30.4 Å². The lowest BCUT2D eigenvalue weighted by Crippen LogP contribution is -2.42. The van der Waals surface area contributed by atoms with E-state index in [9.17, 15) is 4.79 Å².